The first-order chi connectivity index (χ1) is 12.8. The Labute approximate surface area is 159 Å². The monoisotopic (exact) mass is 389 g/mol. The largest absolute Gasteiger partial charge is 0.423 e. The highest BCUT2D eigenvalue weighted by molar-refractivity contribution is 7.89. The molecule has 2 unspecified atom stereocenters. The third-order valence-corrected chi connectivity index (χ3v) is 6.16. The van der Waals surface area contributed by atoms with Gasteiger partial charge in [0.2, 0.25) is 10.0 Å². The van der Waals surface area contributed by atoms with E-state index < -0.39 is 16.0 Å². The SMILES string of the molecule is Cc1cccc(OC(=O)c2ccc(S(=O)(=O)N3CC(C)OC(C)C3)cc2)c1. The maximum absolute atomic E-state index is 12.8. The van der Waals surface area contributed by atoms with Crippen LogP contribution in [-0.2, 0) is 14.8 Å². The van der Waals surface area contributed by atoms with Gasteiger partial charge >= 0.3 is 5.97 Å². The Bertz CT molecular complexity index is 914. The zero-order valence-electron chi connectivity index (χ0n) is 15.6. The zero-order chi connectivity index (χ0) is 19.6. The summed E-state index contributed by atoms with van der Waals surface area (Å²) in [6.45, 7) is 6.23. The normalized spacial score (nSPS) is 21.0. The number of rotatable bonds is 4. The third kappa shape index (κ3) is 4.55. The van der Waals surface area contributed by atoms with Gasteiger partial charge in [0, 0.05) is 13.1 Å². The van der Waals surface area contributed by atoms with Crippen molar-refractivity contribution in [1.82, 2.24) is 4.31 Å². The molecule has 27 heavy (non-hydrogen) atoms. The Morgan fingerprint density at radius 2 is 1.70 bits per heavy atom. The predicted octanol–water partition coefficient (Wildman–Crippen LogP) is 3.01. The summed E-state index contributed by atoms with van der Waals surface area (Å²) in [5.41, 5.74) is 1.27. The highest BCUT2D eigenvalue weighted by atomic mass is 32.2. The summed E-state index contributed by atoms with van der Waals surface area (Å²) in [4.78, 5) is 12.4. The smallest absolute Gasteiger partial charge is 0.343 e. The molecule has 0 aliphatic carbocycles. The van der Waals surface area contributed by atoms with E-state index in [0.29, 0.717) is 24.4 Å². The number of aryl methyl sites for hydroxylation is 1. The number of esters is 1. The summed E-state index contributed by atoms with van der Waals surface area (Å²) in [7, 11) is -3.63. The molecule has 2 aromatic rings. The van der Waals surface area contributed by atoms with Gasteiger partial charge in [-0.3, -0.25) is 0 Å². The van der Waals surface area contributed by atoms with Crippen molar-refractivity contribution in [2.24, 2.45) is 0 Å². The highest BCUT2D eigenvalue weighted by Crippen LogP contribution is 2.22. The van der Waals surface area contributed by atoms with Crippen molar-refractivity contribution in [2.45, 2.75) is 37.9 Å². The van der Waals surface area contributed by atoms with Crippen molar-refractivity contribution in [2.75, 3.05) is 13.1 Å². The van der Waals surface area contributed by atoms with Crippen LogP contribution in [0, 0.1) is 6.92 Å². The second kappa shape index (κ2) is 7.80. The third-order valence-electron chi connectivity index (χ3n) is 4.31. The van der Waals surface area contributed by atoms with Crippen LogP contribution in [0.25, 0.3) is 0 Å². The fourth-order valence-corrected chi connectivity index (χ4v) is 4.67. The predicted molar refractivity (Wildman–Crippen MR) is 101 cm³/mol. The summed E-state index contributed by atoms with van der Waals surface area (Å²) in [5.74, 6) is -0.0776. The van der Waals surface area contributed by atoms with Gasteiger partial charge in [0.1, 0.15) is 5.75 Å². The lowest BCUT2D eigenvalue weighted by molar-refractivity contribution is -0.0440. The molecule has 0 aromatic heterocycles. The Hall–Kier alpha value is -2.22. The van der Waals surface area contributed by atoms with Crippen LogP contribution in [0.5, 0.6) is 5.75 Å². The standard InChI is InChI=1S/C20H23NO5S/c1-14-5-4-6-18(11-14)26-20(22)17-7-9-19(10-8-17)27(23,24)21-12-15(2)25-16(3)13-21/h4-11,15-16H,12-13H2,1-3H3. The van der Waals surface area contributed by atoms with Crippen LogP contribution in [-0.4, -0.2) is 44.0 Å². The second-order valence-corrected chi connectivity index (χ2v) is 8.75. The van der Waals surface area contributed by atoms with Gasteiger partial charge in [-0.25, -0.2) is 13.2 Å². The van der Waals surface area contributed by atoms with E-state index in [-0.39, 0.29) is 17.1 Å². The molecule has 6 nitrogen and oxygen atoms in total. The van der Waals surface area contributed by atoms with E-state index in [1.165, 1.54) is 28.6 Å². The molecule has 1 fully saturated rings. The van der Waals surface area contributed by atoms with Crippen molar-refractivity contribution in [3.8, 4) is 5.75 Å². The first-order valence-electron chi connectivity index (χ1n) is 8.80. The summed E-state index contributed by atoms with van der Waals surface area (Å²) >= 11 is 0. The number of carbonyl (C=O) groups excluding carboxylic acids is 1. The number of hydrogen-bond donors (Lipinski definition) is 0. The maximum atomic E-state index is 12.8. The molecular formula is C20H23NO5S. The van der Waals surface area contributed by atoms with Gasteiger partial charge in [-0.15, -0.1) is 0 Å². The molecule has 0 saturated carbocycles. The summed E-state index contributed by atoms with van der Waals surface area (Å²) in [6, 6.07) is 13.0. The fourth-order valence-electron chi connectivity index (χ4n) is 3.08. The number of nitrogens with zero attached hydrogens (tertiary/aromatic N) is 1. The van der Waals surface area contributed by atoms with E-state index in [9.17, 15) is 13.2 Å². The topological polar surface area (TPSA) is 72.9 Å². The number of ether oxygens (including phenoxy) is 2. The van der Waals surface area contributed by atoms with Crippen molar-refractivity contribution < 1.29 is 22.7 Å². The quantitative estimate of drug-likeness (QED) is 0.594. The van der Waals surface area contributed by atoms with Crippen LogP contribution < -0.4 is 4.74 Å². The molecule has 0 spiro atoms. The van der Waals surface area contributed by atoms with Gasteiger partial charge < -0.3 is 9.47 Å². The summed E-state index contributed by atoms with van der Waals surface area (Å²) < 4.78 is 38.0. The van der Waals surface area contributed by atoms with E-state index in [2.05, 4.69) is 0 Å². The average Bonchev–Trinajstić information content (AvgIpc) is 2.61. The summed E-state index contributed by atoms with van der Waals surface area (Å²) in [5, 5.41) is 0. The molecule has 1 aliphatic rings. The molecular weight excluding hydrogens is 366 g/mol. The number of benzene rings is 2. The average molecular weight is 389 g/mol. The number of sulfonamides is 1. The molecule has 1 saturated heterocycles. The molecule has 2 aromatic carbocycles. The minimum Gasteiger partial charge on any atom is -0.423 e. The van der Waals surface area contributed by atoms with Gasteiger partial charge in [-0.2, -0.15) is 4.31 Å². The van der Waals surface area contributed by atoms with Gasteiger partial charge in [-0.05, 0) is 62.7 Å². The van der Waals surface area contributed by atoms with E-state index in [1.54, 1.807) is 18.2 Å². The van der Waals surface area contributed by atoms with Crippen molar-refractivity contribution in [3.63, 3.8) is 0 Å². The number of carbonyl (C=O) groups is 1. The molecule has 0 bridgehead atoms. The minimum atomic E-state index is -3.63. The Morgan fingerprint density at radius 3 is 2.30 bits per heavy atom. The molecule has 2 atom stereocenters. The van der Waals surface area contributed by atoms with Crippen molar-refractivity contribution >= 4 is 16.0 Å². The number of hydrogen-bond acceptors (Lipinski definition) is 5. The molecule has 1 aliphatic heterocycles. The lowest BCUT2D eigenvalue weighted by atomic mass is 10.2. The lowest BCUT2D eigenvalue weighted by Gasteiger charge is -2.34. The Kier molecular flexibility index (Phi) is 5.64. The Morgan fingerprint density at radius 1 is 1.07 bits per heavy atom. The van der Waals surface area contributed by atoms with Crippen molar-refractivity contribution in [3.05, 3.63) is 59.7 Å². The van der Waals surface area contributed by atoms with Gasteiger partial charge in [0.15, 0.2) is 0 Å². The molecule has 0 radical (unpaired) electrons. The maximum Gasteiger partial charge on any atom is 0.343 e. The van der Waals surface area contributed by atoms with Crippen molar-refractivity contribution in [1.29, 1.82) is 0 Å². The molecule has 144 valence electrons. The first kappa shape index (κ1) is 19.5. The first-order valence-corrected chi connectivity index (χ1v) is 10.2. The zero-order valence-corrected chi connectivity index (χ0v) is 16.4. The van der Waals surface area contributed by atoms with Crippen LogP contribution in [0.2, 0.25) is 0 Å². The van der Waals surface area contributed by atoms with E-state index in [1.807, 2.05) is 26.8 Å². The molecule has 0 amide bonds. The number of morpholine rings is 1. The second-order valence-electron chi connectivity index (χ2n) is 6.81. The van der Waals surface area contributed by atoms with Crippen LogP contribution in [0.1, 0.15) is 29.8 Å². The fraction of sp³-hybridized carbons (Fsp3) is 0.350. The lowest BCUT2D eigenvalue weighted by Crippen LogP contribution is -2.48. The Balaban J connectivity index is 1.75. The van der Waals surface area contributed by atoms with Gasteiger partial charge in [-0.1, -0.05) is 12.1 Å². The van der Waals surface area contributed by atoms with Crippen LogP contribution in [0.15, 0.2) is 53.4 Å². The molecule has 0 N–H and O–H groups in total. The summed E-state index contributed by atoms with van der Waals surface area (Å²) in [6.07, 6.45) is -0.320. The van der Waals surface area contributed by atoms with Crippen LogP contribution in [0.4, 0.5) is 0 Å². The van der Waals surface area contributed by atoms with Gasteiger partial charge in [0.05, 0.1) is 22.7 Å². The van der Waals surface area contributed by atoms with Gasteiger partial charge in [0.25, 0.3) is 0 Å². The van der Waals surface area contributed by atoms with Crippen LogP contribution in [0.3, 0.4) is 0 Å². The molecule has 7 heteroatoms. The molecule has 1 heterocycles. The van der Waals surface area contributed by atoms with Crippen LogP contribution >= 0.6 is 0 Å². The van der Waals surface area contributed by atoms with E-state index in [0.717, 1.165) is 5.56 Å². The van der Waals surface area contributed by atoms with E-state index in [4.69, 9.17) is 9.47 Å². The molecule has 3 rings (SSSR count). The highest BCUT2D eigenvalue weighted by Gasteiger charge is 2.32. The minimum absolute atomic E-state index is 0.149. The van der Waals surface area contributed by atoms with E-state index >= 15 is 0 Å².